The summed E-state index contributed by atoms with van der Waals surface area (Å²) in [7, 11) is 0. The summed E-state index contributed by atoms with van der Waals surface area (Å²) in [5.74, 6) is -2.31. The molecule has 0 fully saturated rings. The Balaban J connectivity index is 1.47. The van der Waals surface area contributed by atoms with Crippen LogP contribution in [0.25, 0.3) is 11.1 Å². The van der Waals surface area contributed by atoms with Crippen LogP contribution in [0, 0.1) is 12.8 Å². The second-order valence-corrected chi connectivity index (χ2v) is 8.89. The maximum absolute atomic E-state index is 12.9. The molecule has 0 saturated heterocycles. The Morgan fingerprint density at radius 2 is 1.54 bits per heavy atom. The Hall–Kier alpha value is -4.13. The van der Waals surface area contributed by atoms with Crippen LogP contribution in [0.5, 0.6) is 0 Å². The highest BCUT2D eigenvalue weighted by molar-refractivity contribution is 6.03. The molecule has 0 spiro atoms. The molecule has 0 heterocycles. The summed E-state index contributed by atoms with van der Waals surface area (Å²) in [4.78, 5) is 36.8. The third-order valence-electron chi connectivity index (χ3n) is 6.50. The van der Waals surface area contributed by atoms with E-state index in [1.807, 2.05) is 43.3 Å². The number of aryl methyl sites for hydroxylation is 1. The molecular weight excluding hydrogens is 444 g/mol. The second kappa shape index (κ2) is 10.0. The molecule has 7 heteroatoms. The van der Waals surface area contributed by atoms with Crippen molar-refractivity contribution in [1.29, 1.82) is 0 Å². The Kier molecular flexibility index (Phi) is 6.87. The van der Waals surface area contributed by atoms with Gasteiger partial charge in [-0.2, -0.15) is 0 Å². The summed E-state index contributed by atoms with van der Waals surface area (Å²) in [6, 6.07) is 20.6. The molecule has 1 aliphatic rings. The lowest BCUT2D eigenvalue weighted by molar-refractivity contribution is -0.141. The lowest BCUT2D eigenvalue weighted by Gasteiger charge is -2.19. The van der Waals surface area contributed by atoms with E-state index in [0.717, 1.165) is 27.8 Å². The van der Waals surface area contributed by atoms with Gasteiger partial charge in [0, 0.05) is 12.0 Å². The van der Waals surface area contributed by atoms with Crippen LogP contribution in [-0.4, -0.2) is 35.7 Å². The van der Waals surface area contributed by atoms with E-state index in [-0.39, 0.29) is 18.1 Å². The highest BCUT2D eigenvalue weighted by atomic mass is 16.5. The lowest BCUT2D eigenvalue weighted by atomic mass is 9.98. The third kappa shape index (κ3) is 5.04. The maximum Gasteiger partial charge on any atom is 0.411 e. The largest absolute Gasteiger partial charge is 0.481 e. The molecule has 35 heavy (non-hydrogen) atoms. The van der Waals surface area contributed by atoms with Crippen molar-refractivity contribution in [3.05, 3.63) is 89.0 Å². The predicted molar refractivity (Wildman–Crippen MR) is 134 cm³/mol. The summed E-state index contributed by atoms with van der Waals surface area (Å²) in [5.41, 5.74) is 5.85. The highest BCUT2D eigenvalue weighted by Gasteiger charge is 2.29. The van der Waals surface area contributed by atoms with Crippen molar-refractivity contribution in [2.75, 3.05) is 11.9 Å². The minimum atomic E-state index is -1.00. The lowest BCUT2D eigenvalue weighted by Crippen LogP contribution is -2.40. The van der Waals surface area contributed by atoms with Crippen LogP contribution in [0.15, 0.2) is 66.7 Å². The van der Waals surface area contributed by atoms with Gasteiger partial charge in [-0.05, 0) is 55.2 Å². The van der Waals surface area contributed by atoms with Crippen LogP contribution >= 0.6 is 0 Å². The standard InChI is InChI=1S/C28H28N2O5/c1-16-12-13-25(23(14-16)26(31)29-18(3)17(2)27(32)33)30-28(34)35-15-24-21-10-6-4-8-19(21)20-9-5-7-11-22(20)24/h4-14,17-18,24H,15H2,1-3H3,(H,29,31)(H,30,34)(H,32,33). The summed E-state index contributed by atoms with van der Waals surface area (Å²) in [5, 5.41) is 14.6. The first-order valence-corrected chi connectivity index (χ1v) is 11.5. The molecule has 0 aromatic heterocycles. The van der Waals surface area contributed by atoms with Gasteiger partial charge in [0.15, 0.2) is 0 Å². The Morgan fingerprint density at radius 1 is 0.943 bits per heavy atom. The number of ether oxygens (including phenoxy) is 1. The van der Waals surface area contributed by atoms with Crippen LogP contribution in [-0.2, 0) is 9.53 Å². The first-order valence-electron chi connectivity index (χ1n) is 11.5. The molecule has 3 aromatic carbocycles. The number of fused-ring (bicyclic) bond motifs is 3. The fraction of sp³-hybridized carbons (Fsp3) is 0.250. The van der Waals surface area contributed by atoms with E-state index >= 15 is 0 Å². The normalized spacial score (nSPS) is 13.8. The molecule has 180 valence electrons. The maximum atomic E-state index is 12.9. The van der Waals surface area contributed by atoms with Crippen molar-refractivity contribution in [3.63, 3.8) is 0 Å². The molecule has 3 aromatic rings. The molecule has 0 bridgehead atoms. The summed E-state index contributed by atoms with van der Waals surface area (Å²) in [6.45, 7) is 5.14. The number of carboxylic acid groups (broad SMARTS) is 1. The van der Waals surface area contributed by atoms with Crippen LogP contribution in [0.2, 0.25) is 0 Å². The number of rotatable bonds is 7. The Labute approximate surface area is 204 Å². The molecule has 0 radical (unpaired) electrons. The molecule has 2 amide bonds. The quantitative estimate of drug-likeness (QED) is 0.439. The smallest absolute Gasteiger partial charge is 0.411 e. The van der Waals surface area contributed by atoms with Gasteiger partial charge in [0.05, 0.1) is 17.2 Å². The average Bonchev–Trinajstić information content (AvgIpc) is 3.17. The second-order valence-electron chi connectivity index (χ2n) is 8.89. The van der Waals surface area contributed by atoms with Gasteiger partial charge in [0.2, 0.25) is 0 Å². The Morgan fingerprint density at radius 3 is 2.14 bits per heavy atom. The fourth-order valence-corrected chi connectivity index (χ4v) is 4.32. The topological polar surface area (TPSA) is 105 Å². The van der Waals surface area contributed by atoms with E-state index in [1.165, 1.54) is 6.92 Å². The van der Waals surface area contributed by atoms with Crippen molar-refractivity contribution in [2.24, 2.45) is 5.92 Å². The van der Waals surface area contributed by atoms with Crippen molar-refractivity contribution >= 4 is 23.7 Å². The van der Waals surface area contributed by atoms with Gasteiger partial charge in [0.25, 0.3) is 5.91 Å². The van der Waals surface area contributed by atoms with Crippen molar-refractivity contribution in [2.45, 2.75) is 32.7 Å². The number of amides is 2. The van der Waals surface area contributed by atoms with Gasteiger partial charge >= 0.3 is 12.1 Å². The van der Waals surface area contributed by atoms with Gasteiger partial charge in [-0.15, -0.1) is 0 Å². The van der Waals surface area contributed by atoms with E-state index < -0.39 is 29.9 Å². The SMILES string of the molecule is Cc1ccc(NC(=O)OCC2c3ccccc3-c3ccccc32)c(C(=O)NC(C)C(C)C(=O)O)c1. The van der Waals surface area contributed by atoms with Crippen LogP contribution in [0.3, 0.4) is 0 Å². The van der Waals surface area contributed by atoms with E-state index in [1.54, 1.807) is 25.1 Å². The first-order chi connectivity index (χ1) is 16.8. The molecule has 2 unspecified atom stereocenters. The monoisotopic (exact) mass is 472 g/mol. The molecule has 0 saturated carbocycles. The number of anilines is 1. The van der Waals surface area contributed by atoms with E-state index in [0.29, 0.717) is 5.69 Å². The summed E-state index contributed by atoms with van der Waals surface area (Å²) in [6.07, 6.45) is -0.670. The molecule has 7 nitrogen and oxygen atoms in total. The minimum Gasteiger partial charge on any atom is -0.481 e. The van der Waals surface area contributed by atoms with Gasteiger partial charge in [-0.1, -0.05) is 60.2 Å². The number of nitrogens with one attached hydrogen (secondary N) is 2. The van der Waals surface area contributed by atoms with Crippen LogP contribution < -0.4 is 10.6 Å². The zero-order chi connectivity index (χ0) is 25.1. The van der Waals surface area contributed by atoms with Crippen LogP contribution in [0.4, 0.5) is 10.5 Å². The molecule has 2 atom stereocenters. The third-order valence-corrected chi connectivity index (χ3v) is 6.50. The minimum absolute atomic E-state index is 0.0766. The molecule has 1 aliphatic carbocycles. The molecule has 3 N–H and O–H groups in total. The van der Waals surface area contributed by atoms with Gasteiger partial charge in [0.1, 0.15) is 6.61 Å². The summed E-state index contributed by atoms with van der Waals surface area (Å²) >= 11 is 0. The van der Waals surface area contributed by atoms with Crippen molar-refractivity contribution in [1.82, 2.24) is 5.32 Å². The number of carbonyl (C=O) groups excluding carboxylic acids is 2. The number of benzene rings is 3. The number of aliphatic carboxylic acids is 1. The number of hydrogen-bond donors (Lipinski definition) is 3. The van der Waals surface area contributed by atoms with E-state index in [2.05, 4.69) is 22.8 Å². The molecular formula is C28H28N2O5. The van der Waals surface area contributed by atoms with E-state index in [9.17, 15) is 19.5 Å². The van der Waals surface area contributed by atoms with Crippen molar-refractivity contribution < 1.29 is 24.2 Å². The zero-order valence-corrected chi connectivity index (χ0v) is 19.9. The Bertz CT molecular complexity index is 1240. The van der Waals surface area contributed by atoms with Crippen LogP contribution in [0.1, 0.15) is 46.8 Å². The zero-order valence-electron chi connectivity index (χ0n) is 19.9. The first kappa shape index (κ1) is 24.0. The molecule has 4 rings (SSSR count). The van der Waals surface area contributed by atoms with Gasteiger partial charge < -0.3 is 15.2 Å². The number of carboxylic acids is 1. The van der Waals surface area contributed by atoms with Gasteiger partial charge in [-0.25, -0.2) is 4.79 Å². The molecule has 0 aliphatic heterocycles. The van der Waals surface area contributed by atoms with E-state index in [4.69, 9.17) is 4.74 Å². The number of hydrogen-bond acceptors (Lipinski definition) is 4. The van der Waals surface area contributed by atoms with Gasteiger partial charge in [-0.3, -0.25) is 14.9 Å². The fourth-order valence-electron chi connectivity index (χ4n) is 4.32. The van der Waals surface area contributed by atoms with Crippen molar-refractivity contribution in [3.8, 4) is 11.1 Å². The number of carbonyl (C=O) groups is 3. The average molecular weight is 473 g/mol. The predicted octanol–water partition coefficient (Wildman–Crippen LogP) is 5.20. The summed E-state index contributed by atoms with van der Waals surface area (Å²) < 4.78 is 5.60. The highest BCUT2D eigenvalue weighted by Crippen LogP contribution is 2.44.